The van der Waals surface area contributed by atoms with Gasteiger partial charge in [-0.1, -0.05) is 23.2 Å². The van der Waals surface area contributed by atoms with Crippen LogP contribution in [0.1, 0.15) is 20.8 Å². The third-order valence-corrected chi connectivity index (χ3v) is 5.11. The zero-order valence-corrected chi connectivity index (χ0v) is 16.3. The van der Waals surface area contributed by atoms with Crippen LogP contribution >= 0.6 is 53.5 Å². The van der Waals surface area contributed by atoms with Gasteiger partial charge >= 0.3 is 0 Å². The third kappa shape index (κ3) is 3.94. The summed E-state index contributed by atoms with van der Waals surface area (Å²) in [7, 11) is 1.53. The Morgan fingerprint density at radius 1 is 1.43 bits per heavy atom. The van der Waals surface area contributed by atoms with Crippen LogP contribution in [0.15, 0.2) is 30.8 Å². The molecule has 0 saturated carbocycles. The van der Waals surface area contributed by atoms with E-state index in [-0.39, 0.29) is 5.60 Å². The molecule has 1 N–H and O–H groups in total. The van der Waals surface area contributed by atoms with Crippen molar-refractivity contribution in [3.05, 3.63) is 40.8 Å². The number of hydrogen-bond donors (Lipinski definition) is 1. The highest BCUT2D eigenvalue weighted by Crippen LogP contribution is 2.39. The number of benzene rings is 1. The average Bonchev–Trinajstić information content (AvgIpc) is 2.77. The molecule has 0 aliphatic heterocycles. The molecule has 1 heterocycles. The minimum absolute atomic E-state index is 0.316. The fraction of sp³-hybridized carbons (Fsp3) is 0.286. The molecule has 0 spiro atoms. The number of nitrogens with zero attached hydrogens (tertiary/aromatic N) is 1. The van der Waals surface area contributed by atoms with Crippen molar-refractivity contribution in [2.45, 2.75) is 26.4 Å². The molecule has 0 saturated heterocycles. The van der Waals surface area contributed by atoms with Crippen molar-refractivity contribution >= 4 is 70.1 Å². The van der Waals surface area contributed by atoms with E-state index in [1.807, 2.05) is 37.0 Å². The van der Waals surface area contributed by atoms with E-state index in [1.165, 1.54) is 9.12 Å². The topological polar surface area (TPSA) is 26.2 Å². The van der Waals surface area contributed by atoms with Crippen molar-refractivity contribution in [2.75, 3.05) is 5.32 Å². The molecule has 1 aromatic heterocycles. The van der Waals surface area contributed by atoms with Crippen molar-refractivity contribution in [2.24, 2.45) is 0 Å². The van der Waals surface area contributed by atoms with E-state index in [0.29, 0.717) is 15.9 Å². The number of nitrogens with one attached hydrogen (secondary N) is 1. The summed E-state index contributed by atoms with van der Waals surface area (Å²) in [5.41, 5.74) is 1.37. The summed E-state index contributed by atoms with van der Waals surface area (Å²) >= 11 is 14.7. The first-order chi connectivity index (χ1) is 9.73. The lowest BCUT2D eigenvalue weighted by Gasteiger charge is -2.23. The Morgan fingerprint density at radius 2 is 2.10 bits per heavy atom. The predicted octanol–water partition coefficient (Wildman–Crippen LogP) is 6.49. The van der Waals surface area contributed by atoms with E-state index >= 15 is 0 Å². The van der Waals surface area contributed by atoms with Gasteiger partial charge in [0, 0.05) is 41.9 Å². The minimum Gasteiger partial charge on any atom is -0.474 e. The van der Waals surface area contributed by atoms with Crippen LogP contribution in [0.25, 0.3) is 10.9 Å². The number of fused-ring (bicyclic) bond motifs is 1. The van der Waals surface area contributed by atoms with Gasteiger partial charge in [0.1, 0.15) is 5.60 Å². The second-order valence-electron chi connectivity index (χ2n) is 5.46. The van der Waals surface area contributed by atoms with Crippen LogP contribution in [0, 0.1) is 0 Å². The molecule has 2 aromatic rings. The first-order valence-electron chi connectivity index (χ1n) is 6.16. The van der Waals surface area contributed by atoms with Crippen LogP contribution in [-0.4, -0.2) is 9.57 Å². The Labute approximate surface area is 150 Å². The van der Waals surface area contributed by atoms with Crippen LogP contribution in [0.3, 0.4) is 0 Å². The molecule has 0 amide bonds. The summed E-state index contributed by atoms with van der Waals surface area (Å²) in [6.45, 7) is 9.80. The molecule has 0 radical (unpaired) electrons. The lowest BCUT2D eigenvalue weighted by atomic mass is 10.2. The smallest absolute Gasteiger partial charge is 0.184 e. The fourth-order valence-electron chi connectivity index (χ4n) is 1.93. The van der Waals surface area contributed by atoms with Gasteiger partial charge in [-0.25, -0.2) is 0 Å². The summed E-state index contributed by atoms with van der Waals surface area (Å²) in [5, 5.41) is 5.15. The fourth-order valence-corrected chi connectivity index (χ4v) is 3.78. The van der Waals surface area contributed by atoms with Gasteiger partial charge in [0.2, 0.25) is 0 Å². The van der Waals surface area contributed by atoms with Crippen LogP contribution in [0.5, 0.6) is 0 Å². The number of ether oxygens (including phenoxy) is 1. The summed E-state index contributed by atoms with van der Waals surface area (Å²) in [5.74, 6) is 0.470. The zero-order valence-electron chi connectivity index (χ0n) is 11.8. The molecular weight excluding hydrogens is 442 g/mol. The molecule has 7 heteroatoms. The number of rotatable bonds is 4. The molecule has 0 aliphatic rings. The predicted molar refractivity (Wildman–Crippen MR) is 103 cm³/mol. The summed E-state index contributed by atoms with van der Waals surface area (Å²) < 4.78 is 7.66. The average molecular weight is 457 g/mol. The molecule has 21 heavy (non-hydrogen) atoms. The van der Waals surface area contributed by atoms with Gasteiger partial charge in [-0.05, 0) is 39.5 Å². The Kier molecular flexibility index (Phi) is 5.28. The number of anilines is 1. The first-order valence-corrected chi connectivity index (χ1v) is 10.2. The summed E-state index contributed by atoms with van der Waals surface area (Å²) in [6, 6.07) is 3.77. The van der Waals surface area contributed by atoms with Gasteiger partial charge in [0.05, 0.1) is 21.2 Å². The quantitative estimate of drug-likeness (QED) is 0.420. The van der Waals surface area contributed by atoms with Crippen molar-refractivity contribution in [3.8, 4) is 0 Å². The normalized spacial score (nSPS) is 11.7. The van der Waals surface area contributed by atoms with Gasteiger partial charge in [-0.2, -0.15) is 0 Å². The maximum Gasteiger partial charge on any atom is 0.184 e. The van der Waals surface area contributed by atoms with Gasteiger partial charge in [-0.3, -0.25) is 3.97 Å². The standard InChI is InChI=1S/C14H15Cl2IN2OS/c1-8(20-14(2,3)4)18-11-7-10(15)12(16)13-9(11)5-6-19(13)21-17/h5-7,18H,1H2,2-4H3. The number of hydrogen-bond acceptors (Lipinski definition) is 3. The maximum atomic E-state index is 6.32. The first kappa shape index (κ1) is 17.1. The molecule has 114 valence electrons. The van der Waals surface area contributed by atoms with Gasteiger partial charge in [0.15, 0.2) is 5.88 Å². The molecule has 2 rings (SSSR count). The van der Waals surface area contributed by atoms with Crippen LogP contribution in [0.4, 0.5) is 5.69 Å². The van der Waals surface area contributed by atoms with E-state index in [4.69, 9.17) is 27.9 Å². The Hall–Kier alpha value is -0.240. The van der Waals surface area contributed by atoms with Crippen molar-refractivity contribution in [1.29, 1.82) is 0 Å². The van der Waals surface area contributed by atoms with Crippen molar-refractivity contribution < 1.29 is 4.74 Å². The van der Waals surface area contributed by atoms with E-state index < -0.39 is 0 Å². The Morgan fingerprint density at radius 3 is 2.67 bits per heavy atom. The zero-order chi connectivity index (χ0) is 15.8. The van der Waals surface area contributed by atoms with Gasteiger partial charge in [0.25, 0.3) is 0 Å². The molecule has 1 aromatic carbocycles. The van der Waals surface area contributed by atoms with Gasteiger partial charge < -0.3 is 10.1 Å². The van der Waals surface area contributed by atoms with E-state index in [2.05, 4.69) is 33.1 Å². The summed E-state index contributed by atoms with van der Waals surface area (Å²) in [6.07, 6.45) is 1.95. The number of halogens is 3. The minimum atomic E-state index is -0.316. The summed E-state index contributed by atoms with van der Waals surface area (Å²) in [4.78, 5) is 0. The SMILES string of the molecule is C=C(Nc1cc(Cl)c(Cl)c2c1ccn2SI)OC(C)(C)C. The number of aromatic nitrogens is 1. The second kappa shape index (κ2) is 6.48. The highest BCUT2D eigenvalue weighted by molar-refractivity contribution is 14.2. The Bertz CT molecular complexity index is 694. The largest absolute Gasteiger partial charge is 0.474 e. The molecule has 3 nitrogen and oxygen atoms in total. The molecular formula is C14H15Cl2IN2OS. The van der Waals surface area contributed by atoms with Crippen LogP contribution in [0.2, 0.25) is 10.0 Å². The lowest BCUT2D eigenvalue weighted by molar-refractivity contribution is 0.0565. The van der Waals surface area contributed by atoms with Crippen LogP contribution < -0.4 is 5.32 Å². The third-order valence-electron chi connectivity index (χ3n) is 2.61. The molecule has 0 aliphatic carbocycles. The monoisotopic (exact) mass is 456 g/mol. The second-order valence-corrected chi connectivity index (χ2v) is 7.95. The maximum absolute atomic E-state index is 6.32. The highest BCUT2D eigenvalue weighted by Gasteiger charge is 2.17. The molecule has 0 atom stereocenters. The van der Waals surface area contributed by atoms with Crippen molar-refractivity contribution in [3.63, 3.8) is 0 Å². The lowest BCUT2D eigenvalue weighted by Crippen LogP contribution is -2.21. The molecule has 0 unspecified atom stereocenters. The van der Waals surface area contributed by atoms with E-state index in [1.54, 1.807) is 6.07 Å². The van der Waals surface area contributed by atoms with E-state index in [0.717, 1.165) is 16.6 Å². The van der Waals surface area contributed by atoms with Crippen LogP contribution in [-0.2, 0) is 4.74 Å². The Balaban J connectivity index is 2.43. The molecule has 0 fully saturated rings. The van der Waals surface area contributed by atoms with Crippen molar-refractivity contribution in [1.82, 2.24) is 3.97 Å². The highest BCUT2D eigenvalue weighted by atomic mass is 127. The van der Waals surface area contributed by atoms with Gasteiger partial charge in [-0.15, -0.1) is 0 Å². The van der Waals surface area contributed by atoms with E-state index in [9.17, 15) is 0 Å². The molecule has 0 bridgehead atoms.